The largest absolute Gasteiger partial charge is 0.493 e. The number of aliphatic carboxylic acids is 1. The number of carbonyl (C=O) groups is 1. The maximum absolute atomic E-state index is 10.9. The fourth-order valence-electron chi connectivity index (χ4n) is 3.59. The minimum atomic E-state index is -0.788. The van der Waals surface area contributed by atoms with Gasteiger partial charge in [0.1, 0.15) is 11.5 Å². The van der Waals surface area contributed by atoms with Gasteiger partial charge in [0.25, 0.3) is 0 Å². The second-order valence-corrected chi connectivity index (χ2v) is 8.69. The van der Waals surface area contributed by atoms with Crippen LogP contribution in [-0.2, 0) is 17.6 Å². The molecule has 0 radical (unpaired) electrons. The molecule has 0 fully saturated rings. The van der Waals surface area contributed by atoms with Gasteiger partial charge in [0.05, 0.1) is 12.7 Å². The van der Waals surface area contributed by atoms with Gasteiger partial charge in [-0.1, -0.05) is 36.7 Å². The van der Waals surface area contributed by atoms with Crippen LogP contribution >= 0.6 is 11.6 Å². The minimum Gasteiger partial charge on any atom is -0.493 e. The maximum atomic E-state index is 10.9. The Balaban J connectivity index is 1.57. The molecule has 0 bridgehead atoms. The van der Waals surface area contributed by atoms with E-state index in [2.05, 4.69) is 6.92 Å². The lowest BCUT2D eigenvalue weighted by atomic mass is 10.0. The summed E-state index contributed by atoms with van der Waals surface area (Å²) in [6.07, 6.45) is 2.04. The molecule has 0 aliphatic heterocycles. The van der Waals surface area contributed by atoms with Crippen molar-refractivity contribution in [2.45, 2.75) is 52.6 Å². The van der Waals surface area contributed by atoms with E-state index in [0.717, 1.165) is 34.6 Å². The average molecular weight is 483 g/mol. The van der Waals surface area contributed by atoms with E-state index < -0.39 is 5.97 Å². The number of rotatable bonds is 12. The van der Waals surface area contributed by atoms with Crippen molar-refractivity contribution in [1.82, 2.24) is 0 Å². The summed E-state index contributed by atoms with van der Waals surface area (Å²) < 4.78 is 18.1. The third kappa shape index (κ3) is 7.70. The number of ether oxygens (including phenoxy) is 3. The minimum absolute atomic E-state index is 0.110. The molecule has 3 aromatic carbocycles. The molecule has 0 saturated heterocycles. The molecule has 0 aliphatic carbocycles. The standard InChI is InChI=1S/C28H31ClO5/c1-4-21-17-24(11-8-22(21)9-13-28(30)31)32-15-14-20(3)33-26-12-10-23(29)18-27(26)34-25-7-5-6-19(2)16-25/h5-8,10-12,16-18,20H,4,9,13-15H2,1-3H3,(H,30,31)/t20-/m0/s1. The second-order valence-electron chi connectivity index (χ2n) is 8.25. The molecule has 0 heterocycles. The summed E-state index contributed by atoms with van der Waals surface area (Å²) in [5, 5.41) is 9.50. The molecule has 5 nitrogen and oxygen atoms in total. The summed E-state index contributed by atoms with van der Waals surface area (Å²) in [4.78, 5) is 10.9. The molecule has 3 aromatic rings. The lowest BCUT2D eigenvalue weighted by Crippen LogP contribution is -2.16. The van der Waals surface area contributed by atoms with Crippen LogP contribution in [0.3, 0.4) is 0 Å². The summed E-state index contributed by atoms with van der Waals surface area (Å²) in [6.45, 7) is 6.54. The van der Waals surface area contributed by atoms with E-state index in [0.29, 0.717) is 36.0 Å². The first-order chi connectivity index (χ1) is 16.3. The van der Waals surface area contributed by atoms with E-state index in [1.807, 2.05) is 62.4 Å². The van der Waals surface area contributed by atoms with Crippen molar-refractivity contribution in [3.05, 3.63) is 82.4 Å². The fraction of sp³-hybridized carbons (Fsp3) is 0.321. The summed E-state index contributed by atoms with van der Waals surface area (Å²) in [7, 11) is 0. The Hall–Kier alpha value is -3.18. The fourth-order valence-corrected chi connectivity index (χ4v) is 3.75. The molecule has 0 saturated carbocycles. The van der Waals surface area contributed by atoms with Crippen LogP contribution in [0, 0.1) is 6.92 Å². The molecular formula is C28H31ClO5. The summed E-state index contributed by atoms with van der Waals surface area (Å²) >= 11 is 6.19. The molecule has 1 N–H and O–H groups in total. The highest BCUT2D eigenvalue weighted by molar-refractivity contribution is 6.30. The van der Waals surface area contributed by atoms with Gasteiger partial charge >= 0.3 is 5.97 Å². The smallest absolute Gasteiger partial charge is 0.303 e. The van der Waals surface area contributed by atoms with Gasteiger partial charge in [-0.15, -0.1) is 0 Å². The highest BCUT2D eigenvalue weighted by atomic mass is 35.5. The first kappa shape index (κ1) is 25.4. The van der Waals surface area contributed by atoms with Crippen LogP contribution in [0.1, 0.15) is 43.4 Å². The van der Waals surface area contributed by atoms with Crippen molar-refractivity contribution in [2.24, 2.45) is 0 Å². The Morgan fingerprint density at radius 1 is 1.00 bits per heavy atom. The molecule has 0 aromatic heterocycles. The molecule has 0 aliphatic rings. The third-order valence-corrected chi connectivity index (χ3v) is 5.65. The van der Waals surface area contributed by atoms with Crippen LogP contribution in [0.5, 0.6) is 23.0 Å². The van der Waals surface area contributed by atoms with E-state index in [1.165, 1.54) is 0 Å². The van der Waals surface area contributed by atoms with Crippen molar-refractivity contribution >= 4 is 17.6 Å². The molecule has 0 amide bonds. The zero-order valence-corrected chi connectivity index (χ0v) is 20.6. The van der Waals surface area contributed by atoms with Gasteiger partial charge in [-0.25, -0.2) is 0 Å². The van der Waals surface area contributed by atoms with Gasteiger partial charge in [0.2, 0.25) is 0 Å². The van der Waals surface area contributed by atoms with Gasteiger partial charge in [-0.05, 0) is 79.8 Å². The van der Waals surface area contributed by atoms with E-state index in [-0.39, 0.29) is 12.5 Å². The van der Waals surface area contributed by atoms with Gasteiger partial charge < -0.3 is 19.3 Å². The molecule has 180 valence electrons. The zero-order valence-electron chi connectivity index (χ0n) is 19.8. The Labute approximate surface area is 206 Å². The molecular weight excluding hydrogens is 452 g/mol. The number of aryl methyl sites for hydroxylation is 3. The Kier molecular flexibility index (Phi) is 9.23. The molecule has 3 rings (SSSR count). The molecule has 0 spiro atoms. The van der Waals surface area contributed by atoms with Crippen LogP contribution < -0.4 is 14.2 Å². The number of hydrogen-bond acceptors (Lipinski definition) is 4. The predicted octanol–water partition coefficient (Wildman–Crippen LogP) is 7.26. The molecule has 6 heteroatoms. The van der Waals surface area contributed by atoms with Crippen molar-refractivity contribution in [3.63, 3.8) is 0 Å². The maximum Gasteiger partial charge on any atom is 0.303 e. The summed E-state index contributed by atoms with van der Waals surface area (Å²) in [5.74, 6) is 1.90. The Bertz CT molecular complexity index is 1110. The number of halogens is 1. The van der Waals surface area contributed by atoms with Crippen LogP contribution in [-0.4, -0.2) is 23.8 Å². The van der Waals surface area contributed by atoms with E-state index >= 15 is 0 Å². The average Bonchev–Trinajstić information content (AvgIpc) is 2.80. The van der Waals surface area contributed by atoms with Gasteiger partial charge in [0.15, 0.2) is 11.5 Å². The van der Waals surface area contributed by atoms with Crippen molar-refractivity contribution < 1.29 is 24.1 Å². The van der Waals surface area contributed by atoms with Gasteiger partial charge in [-0.3, -0.25) is 4.79 Å². The van der Waals surface area contributed by atoms with Crippen molar-refractivity contribution in [1.29, 1.82) is 0 Å². The number of benzene rings is 3. The Morgan fingerprint density at radius 2 is 1.82 bits per heavy atom. The van der Waals surface area contributed by atoms with Gasteiger partial charge in [0, 0.05) is 23.9 Å². The molecule has 0 unspecified atom stereocenters. The monoisotopic (exact) mass is 482 g/mol. The SMILES string of the molecule is CCc1cc(OCC[C@H](C)Oc2ccc(Cl)cc2Oc2cccc(C)c2)ccc1CCC(=O)O. The first-order valence-electron chi connectivity index (χ1n) is 11.5. The van der Waals surface area contributed by atoms with Crippen LogP contribution in [0.25, 0.3) is 0 Å². The van der Waals surface area contributed by atoms with Crippen LogP contribution in [0.15, 0.2) is 60.7 Å². The topological polar surface area (TPSA) is 65.0 Å². The predicted molar refractivity (Wildman–Crippen MR) is 135 cm³/mol. The first-order valence-corrected chi connectivity index (χ1v) is 11.9. The van der Waals surface area contributed by atoms with Crippen LogP contribution in [0.2, 0.25) is 5.02 Å². The second kappa shape index (κ2) is 12.3. The Morgan fingerprint density at radius 3 is 2.56 bits per heavy atom. The highest BCUT2D eigenvalue weighted by Crippen LogP contribution is 2.35. The summed E-state index contributed by atoms with van der Waals surface area (Å²) in [6, 6.07) is 19.0. The molecule has 1 atom stereocenters. The third-order valence-electron chi connectivity index (χ3n) is 5.41. The highest BCUT2D eigenvalue weighted by Gasteiger charge is 2.13. The quantitative estimate of drug-likeness (QED) is 0.294. The normalized spacial score (nSPS) is 11.6. The van der Waals surface area contributed by atoms with Gasteiger partial charge in [-0.2, -0.15) is 0 Å². The van der Waals surface area contributed by atoms with Crippen molar-refractivity contribution in [3.8, 4) is 23.0 Å². The molecule has 34 heavy (non-hydrogen) atoms. The summed E-state index contributed by atoms with van der Waals surface area (Å²) in [5.41, 5.74) is 3.27. The zero-order chi connectivity index (χ0) is 24.5. The number of hydrogen-bond donors (Lipinski definition) is 1. The van der Waals surface area contributed by atoms with Crippen molar-refractivity contribution in [2.75, 3.05) is 6.61 Å². The van der Waals surface area contributed by atoms with Crippen LogP contribution in [0.4, 0.5) is 0 Å². The number of carboxylic acid groups (broad SMARTS) is 1. The lowest BCUT2D eigenvalue weighted by Gasteiger charge is -2.18. The number of carboxylic acids is 1. The van der Waals surface area contributed by atoms with E-state index in [1.54, 1.807) is 12.1 Å². The van der Waals surface area contributed by atoms with E-state index in [4.69, 9.17) is 30.9 Å². The van der Waals surface area contributed by atoms with E-state index in [9.17, 15) is 4.79 Å². The lowest BCUT2D eigenvalue weighted by molar-refractivity contribution is -0.136.